The van der Waals surface area contributed by atoms with Crippen LogP contribution >= 0.6 is 0 Å². The highest BCUT2D eigenvalue weighted by Crippen LogP contribution is 2.42. The van der Waals surface area contributed by atoms with Crippen molar-refractivity contribution in [3.63, 3.8) is 0 Å². The van der Waals surface area contributed by atoms with Crippen LogP contribution in [0, 0.1) is 18.3 Å². The Balaban J connectivity index is 1.88. The number of esters is 1. The Bertz CT molecular complexity index is 1240. The second-order valence-electron chi connectivity index (χ2n) is 7.96. The third-order valence-electron chi connectivity index (χ3n) is 5.40. The number of nitrogens with two attached hydrogens (primary N) is 1. The van der Waals surface area contributed by atoms with Gasteiger partial charge < -0.3 is 30.0 Å². The van der Waals surface area contributed by atoms with E-state index in [1.54, 1.807) is 32.0 Å². The quantitative estimate of drug-likeness (QED) is 0.502. The molecule has 36 heavy (non-hydrogen) atoms. The van der Waals surface area contributed by atoms with Crippen molar-refractivity contribution in [2.45, 2.75) is 33.6 Å². The molecule has 0 saturated carbocycles. The molecule has 0 aliphatic carbocycles. The lowest BCUT2D eigenvalue weighted by atomic mass is 9.83. The minimum atomic E-state index is -0.819. The lowest BCUT2D eigenvalue weighted by Crippen LogP contribution is -2.25. The van der Waals surface area contributed by atoms with E-state index in [1.807, 2.05) is 44.2 Å². The van der Waals surface area contributed by atoms with E-state index in [2.05, 4.69) is 5.32 Å². The summed E-state index contributed by atoms with van der Waals surface area (Å²) in [5.41, 5.74) is 8.53. The third kappa shape index (κ3) is 5.96. The highest BCUT2D eigenvalue weighted by molar-refractivity contribution is 5.93. The van der Waals surface area contributed by atoms with Gasteiger partial charge in [0.05, 0.1) is 24.7 Å². The monoisotopic (exact) mass is 491 g/mol. The molecule has 3 rings (SSSR count). The second-order valence-corrected chi connectivity index (χ2v) is 7.96. The summed E-state index contributed by atoms with van der Waals surface area (Å²) in [6.07, 6.45) is 0. The van der Waals surface area contributed by atoms with Crippen molar-refractivity contribution in [3.8, 4) is 17.6 Å². The van der Waals surface area contributed by atoms with Gasteiger partial charge in [-0.2, -0.15) is 5.26 Å². The Kier molecular flexibility index (Phi) is 8.57. The topological polar surface area (TPSA) is 133 Å². The normalized spacial score (nSPS) is 15.0. The summed E-state index contributed by atoms with van der Waals surface area (Å²) < 4.78 is 22.1. The standard InChI is InChI=1S/C27H29N3O6/c1-5-33-22-13-18(25-20(14-28)26(29)36-17(4)24(25)27(32)34-6-2)9-12-21(22)35-15-23(31)30-19-10-7-16(3)8-11-19/h7-13,25H,5-6,15,29H2,1-4H3,(H,30,31). The van der Waals surface area contributed by atoms with Crippen LogP contribution in [0.3, 0.4) is 0 Å². The highest BCUT2D eigenvalue weighted by atomic mass is 16.5. The first kappa shape index (κ1) is 26.2. The maximum absolute atomic E-state index is 12.8. The van der Waals surface area contributed by atoms with Gasteiger partial charge in [-0.1, -0.05) is 23.8 Å². The van der Waals surface area contributed by atoms with Gasteiger partial charge in [-0.3, -0.25) is 4.79 Å². The molecule has 1 heterocycles. The lowest BCUT2D eigenvalue weighted by molar-refractivity contribution is -0.139. The predicted molar refractivity (Wildman–Crippen MR) is 133 cm³/mol. The number of nitrogens with zero attached hydrogens (tertiary/aromatic N) is 1. The number of hydrogen-bond acceptors (Lipinski definition) is 8. The Labute approximate surface area is 210 Å². The van der Waals surface area contributed by atoms with Crippen LogP contribution in [0.5, 0.6) is 11.5 Å². The van der Waals surface area contributed by atoms with Crippen LogP contribution in [0.25, 0.3) is 0 Å². The first-order chi connectivity index (χ1) is 17.3. The first-order valence-corrected chi connectivity index (χ1v) is 11.5. The number of benzene rings is 2. The highest BCUT2D eigenvalue weighted by Gasteiger charge is 2.36. The SMILES string of the molecule is CCOC(=O)C1=C(C)OC(N)=C(C#N)C1c1ccc(OCC(=O)Nc2ccc(C)cc2)c(OCC)c1. The lowest BCUT2D eigenvalue weighted by Gasteiger charge is -2.27. The van der Waals surface area contributed by atoms with E-state index < -0.39 is 11.9 Å². The van der Waals surface area contributed by atoms with E-state index in [1.165, 1.54) is 0 Å². The van der Waals surface area contributed by atoms with Gasteiger partial charge in [0.15, 0.2) is 18.1 Å². The van der Waals surface area contributed by atoms with Gasteiger partial charge >= 0.3 is 5.97 Å². The number of aryl methyl sites for hydroxylation is 1. The summed E-state index contributed by atoms with van der Waals surface area (Å²) in [6, 6.07) is 14.4. The van der Waals surface area contributed by atoms with Gasteiger partial charge in [0.2, 0.25) is 5.88 Å². The van der Waals surface area contributed by atoms with Crippen LogP contribution in [0.4, 0.5) is 5.69 Å². The number of carbonyl (C=O) groups excluding carboxylic acids is 2. The zero-order valence-corrected chi connectivity index (χ0v) is 20.7. The number of rotatable bonds is 9. The summed E-state index contributed by atoms with van der Waals surface area (Å²) in [5, 5.41) is 12.5. The van der Waals surface area contributed by atoms with Gasteiger partial charge in [0.25, 0.3) is 5.91 Å². The largest absolute Gasteiger partial charge is 0.490 e. The van der Waals surface area contributed by atoms with Crippen LogP contribution < -0.4 is 20.5 Å². The molecule has 0 fully saturated rings. The summed E-state index contributed by atoms with van der Waals surface area (Å²) >= 11 is 0. The number of nitrogens with one attached hydrogen (secondary N) is 1. The molecule has 1 atom stereocenters. The van der Waals surface area contributed by atoms with Crippen molar-refractivity contribution in [1.82, 2.24) is 0 Å². The molecule has 3 N–H and O–H groups in total. The van der Waals surface area contributed by atoms with Gasteiger partial charge in [-0.25, -0.2) is 4.79 Å². The summed E-state index contributed by atoms with van der Waals surface area (Å²) in [5.74, 6) is -0.908. The van der Waals surface area contributed by atoms with E-state index in [0.29, 0.717) is 29.4 Å². The van der Waals surface area contributed by atoms with E-state index in [9.17, 15) is 14.9 Å². The number of carbonyl (C=O) groups is 2. The maximum Gasteiger partial charge on any atom is 0.338 e. The molecule has 0 saturated heterocycles. The van der Waals surface area contributed by atoms with Crippen molar-refractivity contribution in [1.29, 1.82) is 5.26 Å². The van der Waals surface area contributed by atoms with Gasteiger partial charge in [-0.05, 0) is 57.5 Å². The maximum atomic E-state index is 12.8. The fourth-order valence-electron chi connectivity index (χ4n) is 3.76. The number of hydrogen-bond donors (Lipinski definition) is 2. The number of nitriles is 1. The van der Waals surface area contributed by atoms with Crippen LogP contribution in [0.15, 0.2) is 65.3 Å². The van der Waals surface area contributed by atoms with Crippen LogP contribution in [0.1, 0.15) is 37.8 Å². The minimum Gasteiger partial charge on any atom is -0.490 e. The molecular weight excluding hydrogens is 462 g/mol. The average Bonchev–Trinajstić information content (AvgIpc) is 2.84. The van der Waals surface area contributed by atoms with Gasteiger partial charge in [0, 0.05) is 5.69 Å². The van der Waals surface area contributed by atoms with Gasteiger partial charge in [-0.15, -0.1) is 0 Å². The molecule has 9 heteroatoms. The molecule has 2 aromatic carbocycles. The molecule has 0 aromatic heterocycles. The Hall–Kier alpha value is -4.45. The fraction of sp³-hybridized carbons (Fsp3) is 0.296. The number of anilines is 1. The first-order valence-electron chi connectivity index (χ1n) is 11.5. The van der Waals surface area contributed by atoms with Crippen molar-refractivity contribution < 1.29 is 28.5 Å². The van der Waals surface area contributed by atoms with Crippen molar-refractivity contribution >= 4 is 17.6 Å². The summed E-state index contributed by atoms with van der Waals surface area (Å²) in [7, 11) is 0. The van der Waals surface area contributed by atoms with Crippen LogP contribution in [-0.4, -0.2) is 31.7 Å². The Morgan fingerprint density at radius 1 is 1.06 bits per heavy atom. The Morgan fingerprint density at radius 3 is 2.42 bits per heavy atom. The molecule has 2 aromatic rings. The second kappa shape index (κ2) is 11.8. The van der Waals surface area contributed by atoms with Crippen molar-refractivity contribution in [3.05, 3.63) is 76.4 Å². The number of amides is 1. The van der Waals surface area contributed by atoms with E-state index >= 15 is 0 Å². The van der Waals surface area contributed by atoms with Crippen LogP contribution in [0.2, 0.25) is 0 Å². The zero-order chi connectivity index (χ0) is 26.2. The molecule has 9 nitrogen and oxygen atoms in total. The molecule has 1 unspecified atom stereocenters. The molecular formula is C27H29N3O6. The number of ether oxygens (including phenoxy) is 4. The van der Waals surface area contributed by atoms with Crippen molar-refractivity contribution in [2.75, 3.05) is 25.1 Å². The Morgan fingerprint density at radius 2 is 1.78 bits per heavy atom. The van der Waals surface area contributed by atoms with E-state index in [0.717, 1.165) is 5.56 Å². The fourth-order valence-corrected chi connectivity index (χ4v) is 3.76. The molecule has 0 bridgehead atoms. The predicted octanol–water partition coefficient (Wildman–Crippen LogP) is 4.06. The smallest absolute Gasteiger partial charge is 0.338 e. The van der Waals surface area contributed by atoms with E-state index in [4.69, 9.17) is 24.7 Å². The average molecular weight is 492 g/mol. The molecule has 1 aliphatic rings. The molecule has 188 valence electrons. The van der Waals surface area contributed by atoms with Crippen molar-refractivity contribution in [2.24, 2.45) is 5.73 Å². The minimum absolute atomic E-state index is 0.0808. The molecule has 0 spiro atoms. The molecule has 1 aliphatic heterocycles. The number of allylic oxidation sites excluding steroid dienone is 2. The molecule has 0 radical (unpaired) electrons. The summed E-state index contributed by atoms with van der Waals surface area (Å²) in [4.78, 5) is 25.1. The third-order valence-corrected chi connectivity index (χ3v) is 5.40. The molecule has 1 amide bonds. The van der Waals surface area contributed by atoms with Crippen LogP contribution in [-0.2, 0) is 19.1 Å². The zero-order valence-electron chi connectivity index (χ0n) is 20.7. The van der Waals surface area contributed by atoms with Gasteiger partial charge in [0.1, 0.15) is 17.4 Å². The van der Waals surface area contributed by atoms with E-state index in [-0.39, 0.29) is 41.9 Å². The summed E-state index contributed by atoms with van der Waals surface area (Å²) in [6.45, 7) is 7.29.